The molecule has 0 aliphatic carbocycles. The van der Waals surface area contributed by atoms with Crippen LogP contribution in [0.5, 0.6) is 0 Å². The Morgan fingerprint density at radius 2 is 2.15 bits per heavy atom. The molecular formula is C10H12N2O. The zero-order valence-electron chi connectivity index (χ0n) is 7.53. The van der Waals surface area contributed by atoms with E-state index in [9.17, 15) is 0 Å². The molecule has 0 saturated heterocycles. The molecule has 0 aromatic heterocycles. The van der Waals surface area contributed by atoms with Crippen LogP contribution in [0.4, 0.5) is 0 Å². The van der Waals surface area contributed by atoms with Gasteiger partial charge in [0.05, 0.1) is 0 Å². The Kier molecular flexibility index (Phi) is 2.27. The minimum atomic E-state index is -0.0567. The monoisotopic (exact) mass is 176 g/mol. The highest BCUT2D eigenvalue weighted by atomic mass is 16.7. The van der Waals surface area contributed by atoms with E-state index in [1.54, 1.807) is 0 Å². The van der Waals surface area contributed by atoms with Crippen molar-refractivity contribution in [3.05, 3.63) is 35.9 Å². The molecule has 1 atom stereocenters. The second kappa shape index (κ2) is 3.58. The highest BCUT2D eigenvalue weighted by Gasteiger charge is 2.12. The molecular weight excluding hydrogens is 164 g/mol. The van der Waals surface area contributed by atoms with Crippen LogP contribution < -0.4 is 5.48 Å². The van der Waals surface area contributed by atoms with Crippen LogP contribution in [-0.4, -0.2) is 12.1 Å². The van der Waals surface area contributed by atoms with E-state index in [-0.39, 0.29) is 6.23 Å². The van der Waals surface area contributed by atoms with Gasteiger partial charge in [-0.25, -0.2) is 9.83 Å². The fraction of sp³-hybridized carbons (Fsp3) is 0.300. The minimum absolute atomic E-state index is 0.0567. The van der Waals surface area contributed by atoms with Crippen molar-refractivity contribution in [3.8, 4) is 0 Å². The summed E-state index contributed by atoms with van der Waals surface area (Å²) < 4.78 is 0. The molecule has 0 amide bonds. The number of nitrogens with one attached hydrogen (secondary N) is 1. The van der Waals surface area contributed by atoms with Crippen LogP contribution in [0.3, 0.4) is 0 Å². The molecule has 68 valence electrons. The first kappa shape index (κ1) is 8.26. The van der Waals surface area contributed by atoms with Crippen LogP contribution in [0.1, 0.15) is 12.5 Å². The maximum absolute atomic E-state index is 5.08. The third-order valence-electron chi connectivity index (χ3n) is 1.90. The Hall–Kier alpha value is -1.35. The van der Waals surface area contributed by atoms with Crippen LogP contribution in [0.2, 0.25) is 0 Å². The number of rotatable bonds is 2. The summed E-state index contributed by atoms with van der Waals surface area (Å²) >= 11 is 0. The van der Waals surface area contributed by atoms with Gasteiger partial charge in [0, 0.05) is 6.42 Å². The summed E-state index contributed by atoms with van der Waals surface area (Å²) in [5.74, 6) is 0.902. The molecule has 1 aliphatic heterocycles. The van der Waals surface area contributed by atoms with Gasteiger partial charge < -0.3 is 0 Å². The van der Waals surface area contributed by atoms with Gasteiger partial charge >= 0.3 is 0 Å². The van der Waals surface area contributed by atoms with Gasteiger partial charge in [0.15, 0.2) is 6.23 Å². The van der Waals surface area contributed by atoms with E-state index in [0.29, 0.717) is 0 Å². The number of hydrogen-bond donors (Lipinski definition) is 1. The molecule has 0 fully saturated rings. The Labute approximate surface area is 77.4 Å². The zero-order valence-corrected chi connectivity index (χ0v) is 7.53. The van der Waals surface area contributed by atoms with Crippen LogP contribution in [0.15, 0.2) is 35.3 Å². The second-order valence-corrected chi connectivity index (χ2v) is 3.06. The number of aliphatic imine (C=N–C) groups is 1. The summed E-state index contributed by atoms with van der Waals surface area (Å²) in [6.45, 7) is 1.91. The van der Waals surface area contributed by atoms with E-state index in [4.69, 9.17) is 4.84 Å². The summed E-state index contributed by atoms with van der Waals surface area (Å²) in [6, 6.07) is 10.2. The maximum atomic E-state index is 5.08. The minimum Gasteiger partial charge on any atom is -0.250 e. The highest BCUT2D eigenvalue weighted by Crippen LogP contribution is 2.05. The lowest BCUT2D eigenvalue weighted by Crippen LogP contribution is -2.19. The molecule has 0 unspecified atom stereocenters. The molecule has 0 bridgehead atoms. The Morgan fingerprint density at radius 3 is 2.77 bits per heavy atom. The van der Waals surface area contributed by atoms with Gasteiger partial charge in [-0.05, 0) is 12.5 Å². The van der Waals surface area contributed by atoms with Crippen molar-refractivity contribution in [1.29, 1.82) is 0 Å². The number of benzene rings is 1. The third kappa shape index (κ3) is 2.06. The normalized spacial score (nSPS) is 21.0. The summed E-state index contributed by atoms with van der Waals surface area (Å²) in [5.41, 5.74) is 4.05. The topological polar surface area (TPSA) is 33.6 Å². The van der Waals surface area contributed by atoms with Gasteiger partial charge in [-0.15, -0.1) is 0 Å². The lowest BCUT2D eigenvalue weighted by molar-refractivity contribution is 0.0498. The smallest absolute Gasteiger partial charge is 0.174 e. The van der Waals surface area contributed by atoms with Crippen molar-refractivity contribution >= 4 is 5.84 Å². The second-order valence-electron chi connectivity index (χ2n) is 3.06. The van der Waals surface area contributed by atoms with Crippen LogP contribution in [0.25, 0.3) is 0 Å². The van der Waals surface area contributed by atoms with Gasteiger partial charge in [-0.3, -0.25) is 5.48 Å². The average molecular weight is 176 g/mol. The summed E-state index contributed by atoms with van der Waals surface area (Å²) in [7, 11) is 0. The fourth-order valence-corrected chi connectivity index (χ4v) is 1.30. The first-order valence-electron chi connectivity index (χ1n) is 4.37. The molecule has 3 nitrogen and oxygen atoms in total. The van der Waals surface area contributed by atoms with Crippen molar-refractivity contribution in [2.45, 2.75) is 19.6 Å². The quantitative estimate of drug-likeness (QED) is 0.741. The number of amidine groups is 1. The van der Waals surface area contributed by atoms with E-state index < -0.39 is 0 Å². The first-order valence-corrected chi connectivity index (χ1v) is 4.37. The number of hydroxylamine groups is 1. The SMILES string of the molecule is C[C@H]1N=C(Cc2ccccc2)NO1. The van der Waals surface area contributed by atoms with Crippen molar-refractivity contribution < 1.29 is 4.84 Å². The first-order chi connectivity index (χ1) is 6.34. The van der Waals surface area contributed by atoms with Gasteiger partial charge in [-0.2, -0.15) is 0 Å². The van der Waals surface area contributed by atoms with E-state index in [2.05, 4.69) is 22.6 Å². The van der Waals surface area contributed by atoms with Crippen LogP contribution in [-0.2, 0) is 11.3 Å². The maximum Gasteiger partial charge on any atom is 0.174 e. The molecule has 2 rings (SSSR count). The molecule has 0 saturated carbocycles. The Bertz CT molecular complexity index is 308. The van der Waals surface area contributed by atoms with Gasteiger partial charge in [0.2, 0.25) is 0 Å². The lowest BCUT2D eigenvalue weighted by atomic mass is 10.1. The molecule has 1 aromatic rings. The van der Waals surface area contributed by atoms with Crippen LogP contribution in [0, 0.1) is 0 Å². The van der Waals surface area contributed by atoms with Crippen molar-refractivity contribution in [2.75, 3.05) is 0 Å². The van der Waals surface area contributed by atoms with Gasteiger partial charge in [0.1, 0.15) is 5.84 Å². The molecule has 13 heavy (non-hydrogen) atoms. The van der Waals surface area contributed by atoms with E-state index in [1.165, 1.54) is 5.56 Å². The fourth-order valence-electron chi connectivity index (χ4n) is 1.30. The van der Waals surface area contributed by atoms with Crippen LogP contribution >= 0.6 is 0 Å². The number of hydrogen-bond acceptors (Lipinski definition) is 3. The molecule has 1 aromatic carbocycles. The van der Waals surface area contributed by atoms with Crippen molar-refractivity contribution in [1.82, 2.24) is 5.48 Å². The van der Waals surface area contributed by atoms with Gasteiger partial charge in [-0.1, -0.05) is 30.3 Å². The van der Waals surface area contributed by atoms with E-state index in [0.717, 1.165) is 12.3 Å². The molecule has 0 spiro atoms. The molecule has 3 heteroatoms. The number of nitrogens with zero attached hydrogens (tertiary/aromatic N) is 1. The van der Waals surface area contributed by atoms with Gasteiger partial charge in [0.25, 0.3) is 0 Å². The zero-order chi connectivity index (χ0) is 9.10. The highest BCUT2D eigenvalue weighted by molar-refractivity contribution is 5.84. The van der Waals surface area contributed by atoms with E-state index >= 15 is 0 Å². The van der Waals surface area contributed by atoms with E-state index in [1.807, 2.05) is 25.1 Å². The predicted molar refractivity (Wildman–Crippen MR) is 51.3 cm³/mol. The summed E-state index contributed by atoms with van der Waals surface area (Å²) in [6.07, 6.45) is 0.754. The average Bonchev–Trinajstić information content (AvgIpc) is 2.53. The standard InChI is InChI=1S/C10H12N2O/c1-8-11-10(12-13-8)7-9-5-3-2-4-6-9/h2-6,8H,7H2,1H3,(H,11,12)/t8-/m0/s1. The largest absolute Gasteiger partial charge is 0.250 e. The molecule has 0 radical (unpaired) electrons. The Morgan fingerprint density at radius 1 is 1.38 bits per heavy atom. The van der Waals surface area contributed by atoms with Crippen molar-refractivity contribution in [2.24, 2.45) is 4.99 Å². The molecule has 1 heterocycles. The third-order valence-corrected chi connectivity index (χ3v) is 1.90. The Balaban J connectivity index is 2.03. The molecule has 1 N–H and O–H groups in total. The summed E-state index contributed by atoms with van der Waals surface area (Å²) in [4.78, 5) is 9.35. The lowest BCUT2D eigenvalue weighted by Gasteiger charge is -2.00. The predicted octanol–water partition coefficient (Wildman–Crippen LogP) is 1.51. The molecule has 1 aliphatic rings. The summed E-state index contributed by atoms with van der Waals surface area (Å²) in [5, 5.41) is 0. The van der Waals surface area contributed by atoms with Crippen molar-refractivity contribution in [3.63, 3.8) is 0 Å².